The molecule has 1 fully saturated rings. The molecule has 2 aromatic heterocycles. The average molecular weight is 421 g/mol. The molecule has 2 heterocycles. The fourth-order valence-corrected chi connectivity index (χ4v) is 4.31. The van der Waals surface area contributed by atoms with Crippen LogP contribution in [0.4, 0.5) is 5.69 Å². The number of hydrogen-bond acceptors (Lipinski definition) is 4. The summed E-state index contributed by atoms with van der Waals surface area (Å²) in [5.74, 6) is 0.00449. The van der Waals surface area contributed by atoms with E-state index in [0.29, 0.717) is 28.5 Å². The van der Waals surface area contributed by atoms with Crippen LogP contribution in [0.2, 0.25) is 0 Å². The van der Waals surface area contributed by atoms with Crippen LogP contribution in [0.5, 0.6) is 0 Å². The summed E-state index contributed by atoms with van der Waals surface area (Å²) < 4.78 is 1.71. The first-order chi connectivity index (χ1) is 15.1. The molecule has 0 bridgehead atoms. The molecule has 4 rings (SSSR count). The molecule has 7 heteroatoms. The molecule has 1 saturated carbocycles. The van der Waals surface area contributed by atoms with Gasteiger partial charge in [-0.05, 0) is 42.7 Å². The highest BCUT2D eigenvalue weighted by Crippen LogP contribution is 2.27. The van der Waals surface area contributed by atoms with Gasteiger partial charge in [-0.1, -0.05) is 44.2 Å². The molecule has 0 radical (unpaired) electrons. The fourth-order valence-electron chi connectivity index (χ4n) is 4.31. The number of imidazole rings is 1. The van der Waals surface area contributed by atoms with E-state index >= 15 is 0 Å². The summed E-state index contributed by atoms with van der Waals surface area (Å²) in [6.07, 6.45) is 10.2. The Hall–Kier alpha value is -3.19. The number of carbonyl (C=O) groups excluding carboxylic acids is 2. The largest absolute Gasteiger partial charge is 0.394 e. The van der Waals surface area contributed by atoms with Crippen molar-refractivity contribution >= 4 is 23.1 Å². The number of aromatic nitrogens is 2. The van der Waals surface area contributed by atoms with E-state index in [4.69, 9.17) is 0 Å². The van der Waals surface area contributed by atoms with E-state index in [-0.39, 0.29) is 24.5 Å². The van der Waals surface area contributed by atoms with Gasteiger partial charge in [0.15, 0.2) is 0 Å². The summed E-state index contributed by atoms with van der Waals surface area (Å²) in [4.78, 5) is 29.7. The highest BCUT2D eigenvalue weighted by molar-refractivity contribution is 6.04. The minimum absolute atomic E-state index is 0.0764. The third kappa shape index (κ3) is 5.11. The maximum absolute atomic E-state index is 12.7. The number of aliphatic hydroxyl groups is 1. The number of anilines is 1. The zero-order valence-electron chi connectivity index (χ0n) is 17.5. The van der Waals surface area contributed by atoms with Gasteiger partial charge in [0.2, 0.25) is 0 Å². The minimum atomic E-state index is -0.304. The van der Waals surface area contributed by atoms with Crippen molar-refractivity contribution in [3.05, 3.63) is 66.1 Å². The molecule has 3 aromatic rings. The topological polar surface area (TPSA) is 95.7 Å². The molecule has 7 nitrogen and oxygen atoms in total. The average Bonchev–Trinajstić information content (AvgIpc) is 3.24. The Balaban J connectivity index is 1.41. The fraction of sp³-hybridized carbons (Fsp3) is 0.375. The zero-order valence-corrected chi connectivity index (χ0v) is 17.5. The van der Waals surface area contributed by atoms with Gasteiger partial charge in [0.25, 0.3) is 11.8 Å². The minimum Gasteiger partial charge on any atom is -0.394 e. The van der Waals surface area contributed by atoms with Gasteiger partial charge < -0.3 is 15.7 Å². The van der Waals surface area contributed by atoms with Gasteiger partial charge in [-0.2, -0.15) is 0 Å². The predicted molar refractivity (Wildman–Crippen MR) is 119 cm³/mol. The highest BCUT2D eigenvalue weighted by atomic mass is 16.3. The molecule has 162 valence electrons. The van der Waals surface area contributed by atoms with Gasteiger partial charge in [0.1, 0.15) is 11.3 Å². The van der Waals surface area contributed by atoms with Crippen LogP contribution in [0, 0.1) is 5.92 Å². The molecular weight excluding hydrogens is 392 g/mol. The second kappa shape index (κ2) is 9.75. The first kappa shape index (κ1) is 21.1. The Morgan fingerprint density at radius 2 is 1.94 bits per heavy atom. The lowest BCUT2D eigenvalue weighted by Crippen LogP contribution is -2.39. The first-order valence-electron chi connectivity index (χ1n) is 10.9. The number of benzene rings is 1. The molecule has 2 amide bonds. The monoisotopic (exact) mass is 420 g/mol. The van der Waals surface area contributed by atoms with Crippen LogP contribution in [-0.2, 0) is 0 Å². The quantitative estimate of drug-likeness (QED) is 0.544. The van der Waals surface area contributed by atoms with E-state index in [1.54, 1.807) is 34.9 Å². The van der Waals surface area contributed by atoms with Crippen molar-refractivity contribution < 1.29 is 14.7 Å². The summed E-state index contributed by atoms with van der Waals surface area (Å²) in [5, 5.41) is 15.5. The van der Waals surface area contributed by atoms with Crippen molar-refractivity contribution in [3.8, 4) is 0 Å². The summed E-state index contributed by atoms with van der Waals surface area (Å²) in [5.41, 5.74) is 2.07. The maximum atomic E-state index is 12.7. The molecule has 0 saturated heterocycles. The maximum Gasteiger partial charge on any atom is 0.274 e. The van der Waals surface area contributed by atoms with E-state index in [1.807, 2.05) is 18.2 Å². The van der Waals surface area contributed by atoms with Crippen LogP contribution in [0.25, 0.3) is 5.65 Å². The number of fused-ring (bicyclic) bond motifs is 1. The molecule has 31 heavy (non-hydrogen) atoms. The van der Waals surface area contributed by atoms with Crippen LogP contribution in [-0.4, -0.2) is 39.0 Å². The smallest absolute Gasteiger partial charge is 0.274 e. The number of amides is 2. The normalized spacial score (nSPS) is 15.5. The molecule has 1 aliphatic rings. The molecule has 1 aromatic carbocycles. The lowest BCUT2D eigenvalue weighted by atomic mass is 9.85. The number of rotatable bonds is 7. The van der Waals surface area contributed by atoms with Crippen LogP contribution in [0.1, 0.15) is 59.4 Å². The molecule has 0 unspecified atom stereocenters. The van der Waals surface area contributed by atoms with Crippen molar-refractivity contribution in [2.45, 2.75) is 44.6 Å². The van der Waals surface area contributed by atoms with Gasteiger partial charge in [0.05, 0.1) is 18.8 Å². The standard InChI is InChI=1S/C24H28N4O3/c29-16-20(13-17-7-2-1-3-8-17)27-23(30)18-9-6-10-19(14-18)26-24(31)21-15-25-22-11-4-5-12-28(21)22/h4-6,9-12,14-15,17,20,29H,1-3,7-8,13,16H2,(H,26,31)(H,27,30)/t20-/m0/s1. The van der Waals surface area contributed by atoms with E-state index < -0.39 is 0 Å². The summed E-state index contributed by atoms with van der Waals surface area (Å²) in [6.45, 7) is -0.0764. The molecule has 3 N–H and O–H groups in total. The lowest BCUT2D eigenvalue weighted by molar-refractivity contribution is 0.0901. The first-order valence-corrected chi connectivity index (χ1v) is 10.9. The molecule has 0 spiro atoms. The Labute approximate surface area is 181 Å². The van der Waals surface area contributed by atoms with E-state index in [2.05, 4.69) is 15.6 Å². The summed E-state index contributed by atoms with van der Waals surface area (Å²) >= 11 is 0. The number of carbonyl (C=O) groups is 2. The Morgan fingerprint density at radius 3 is 2.74 bits per heavy atom. The zero-order chi connectivity index (χ0) is 21.6. The van der Waals surface area contributed by atoms with Gasteiger partial charge in [0, 0.05) is 17.4 Å². The third-order valence-corrected chi connectivity index (χ3v) is 5.93. The Bertz CT molecular complexity index is 1060. The van der Waals surface area contributed by atoms with Crippen LogP contribution in [0.3, 0.4) is 0 Å². The van der Waals surface area contributed by atoms with Crippen molar-refractivity contribution in [2.24, 2.45) is 5.92 Å². The van der Waals surface area contributed by atoms with Crippen molar-refractivity contribution in [3.63, 3.8) is 0 Å². The van der Waals surface area contributed by atoms with Crippen LogP contribution in [0.15, 0.2) is 54.9 Å². The Morgan fingerprint density at radius 1 is 1.10 bits per heavy atom. The van der Waals surface area contributed by atoms with Gasteiger partial charge in [-0.15, -0.1) is 0 Å². The van der Waals surface area contributed by atoms with E-state index in [1.165, 1.54) is 25.5 Å². The summed E-state index contributed by atoms with van der Waals surface area (Å²) in [7, 11) is 0. The van der Waals surface area contributed by atoms with Gasteiger partial charge >= 0.3 is 0 Å². The van der Waals surface area contributed by atoms with E-state index in [9.17, 15) is 14.7 Å². The van der Waals surface area contributed by atoms with Crippen LogP contribution >= 0.6 is 0 Å². The van der Waals surface area contributed by atoms with Gasteiger partial charge in [-0.3, -0.25) is 14.0 Å². The van der Waals surface area contributed by atoms with E-state index in [0.717, 1.165) is 19.3 Å². The molecule has 1 atom stereocenters. The summed E-state index contributed by atoms with van der Waals surface area (Å²) in [6, 6.07) is 12.1. The number of hydrogen-bond donors (Lipinski definition) is 3. The van der Waals surface area contributed by atoms with Crippen molar-refractivity contribution in [1.82, 2.24) is 14.7 Å². The molecule has 0 aliphatic heterocycles. The van der Waals surface area contributed by atoms with Crippen molar-refractivity contribution in [1.29, 1.82) is 0 Å². The van der Waals surface area contributed by atoms with Gasteiger partial charge in [-0.25, -0.2) is 4.98 Å². The number of aliphatic hydroxyl groups excluding tert-OH is 1. The Kier molecular flexibility index (Phi) is 6.62. The second-order valence-corrected chi connectivity index (χ2v) is 8.20. The second-order valence-electron chi connectivity index (χ2n) is 8.20. The number of nitrogens with one attached hydrogen (secondary N) is 2. The SMILES string of the molecule is O=C(N[C@H](CO)CC1CCCCC1)c1cccc(NC(=O)c2cnc3ccccn23)c1. The molecular formula is C24H28N4O3. The lowest BCUT2D eigenvalue weighted by Gasteiger charge is -2.26. The highest BCUT2D eigenvalue weighted by Gasteiger charge is 2.21. The predicted octanol–water partition coefficient (Wildman–Crippen LogP) is 3.65. The number of nitrogens with zero attached hydrogens (tertiary/aromatic N) is 2. The number of pyridine rings is 1. The molecule has 1 aliphatic carbocycles. The van der Waals surface area contributed by atoms with Crippen LogP contribution < -0.4 is 10.6 Å². The van der Waals surface area contributed by atoms with Crippen molar-refractivity contribution in [2.75, 3.05) is 11.9 Å². The third-order valence-electron chi connectivity index (χ3n) is 5.93.